The van der Waals surface area contributed by atoms with Crippen molar-refractivity contribution >= 4 is 16.7 Å². The van der Waals surface area contributed by atoms with E-state index in [-0.39, 0.29) is 12.7 Å². The molecule has 1 aliphatic rings. The third kappa shape index (κ3) is 1.07. The number of benzene rings is 1. The largest absolute Gasteiger partial charge is 0.493 e. The minimum Gasteiger partial charge on any atom is -0.493 e. The lowest BCUT2D eigenvalue weighted by Gasteiger charge is -2.04. The zero-order valence-corrected chi connectivity index (χ0v) is 9.54. The minimum absolute atomic E-state index is 0.122. The summed E-state index contributed by atoms with van der Waals surface area (Å²) in [4.78, 5) is 8.55. The maximum absolute atomic E-state index is 10.0. The predicted octanol–water partition coefficient (Wildman–Crippen LogP) is 1.63. The Bertz CT molecular complexity index is 794. The molecule has 6 heteroatoms. The first-order valence-electron chi connectivity index (χ1n) is 5.50. The van der Waals surface area contributed by atoms with Crippen molar-refractivity contribution in [2.45, 2.75) is 6.92 Å². The lowest BCUT2D eigenvalue weighted by atomic mass is 10.2. The van der Waals surface area contributed by atoms with E-state index in [0.29, 0.717) is 22.8 Å². The number of hydrogen-bond acceptors (Lipinski definition) is 5. The van der Waals surface area contributed by atoms with Gasteiger partial charge >= 0.3 is 0 Å². The highest BCUT2D eigenvalue weighted by Gasteiger charge is 2.18. The van der Waals surface area contributed by atoms with Crippen LogP contribution in [0.5, 0.6) is 17.4 Å². The van der Waals surface area contributed by atoms with Crippen molar-refractivity contribution in [3.05, 3.63) is 24.0 Å². The van der Waals surface area contributed by atoms with Crippen molar-refractivity contribution in [3.63, 3.8) is 0 Å². The van der Waals surface area contributed by atoms with E-state index in [0.717, 1.165) is 11.0 Å². The standard InChI is InChI=1S/C12H9N3O3/c1-6-12(16)15-8-3-10-9(17-5-18-10)2-7(8)13-4-11(15)14-6/h2-4,16H,5H2,1H3. The summed E-state index contributed by atoms with van der Waals surface area (Å²) in [5, 5.41) is 10.0. The predicted molar refractivity (Wildman–Crippen MR) is 63.0 cm³/mol. The number of fused-ring (bicyclic) bond motifs is 4. The van der Waals surface area contributed by atoms with Crippen LogP contribution in [0.4, 0.5) is 0 Å². The molecule has 90 valence electrons. The van der Waals surface area contributed by atoms with Gasteiger partial charge in [-0.1, -0.05) is 0 Å². The number of aryl methyl sites for hydroxylation is 1. The number of hydrogen-bond donors (Lipinski definition) is 1. The van der Waals surface area contributed by atoms with Crippen molar-refractivity contribution < 1.29 is 14.6 Å². The molecule has 0 aliphatic carbocycles. The van der Waals surface area contributed by atoms with Crippen molar-refractivity contribution in [1.82, 2.24) is 14.4 Å². The Labute approximate surface area is 101 Å². The Morgan fingerprint density at radius 2 is 2.06 bits per heavy atom. The van der Waals surface area contributed by atoms with E-state index in [4.69, 9.17) is 9.47 Å². The molecule has 0 saturated heterocycles. The Balaban J connectivity index is 2.21. The molecule has 0 radical (unpaired) electrons. The number of ether oxygens (including phenoxy) is 2. The van der Waals surface area contributed by atoms with Gasteiger partial charge in [0.15, 0.2) is 17.1 Å². The SMILES string of the molecule is Cc1nc2cnc3cc4c(cc3n2c1O)OCO4. The molecule has 0 unspecified atom stereocenters. The summed E-state index contributed by atoms with van der Waals surface area (Å²) in [5.74, 6) is 1.45. The molecule has 3 heterocycles. The normalized spacial score (nSPS) is 13.6. The second-order valence-corrected chi connectivity index (χ2v) is 4.17. The third-order valence-electron chi connectivity index (χ3n) is 3.08. The molecule has 18 heavy (non-hydrogen) atoms. The van der Waals surface area contributed by atoms with E-state index in [1.807, 2.05) is 0 Å². The second kappa shape index (κ2) is 3.04. The first kappa shape index (κ1) is 9.52. The number of rotatable bonds is 0. The van der Waals surface area contributed by atoms with Crippen molar-refractivity contribution in [1.29, 1.82) is 0 Å². The summed E-state index contributed by atoms with van der Waals surface area (Å²) in [5.41, 5.74) is 2.65. The molecule has 1 N–H and O–H groups in total. The second-order valence-electron chi connectivity index (χ2n) is 4.17. The van der Waals surface area contributed by atoms with Gasteiger partial charge in [-0.2, -0.15) is 0 Å². The third-order valence-corrected chi connectivity index (χ3v) is 3.08. The van der Waals surface area contributed by atoms with Crippen LogP contribution in [0.1, 0.15) is 5.69 Å². The van der Waals surface area contributed by atoms with E-state index in [1.165, 1.54) is 0 Å². The molecule has 3 aromatic rings. The number of nitrogens with zero attached hydrogens (tertiary/aromatic N) is 3. The molecule has 4 rings (SSSR count). The molecular weight excluding hydrogens is 234 g/mol. The number of aromatic hydroxyl groups is 1. The summed E-state index contributed by atoms with van der Waals surface area (Å²) < 4.78 is 12.3. The molecular formula is C12H9N3O3. The van der Waals surface area contributed by atoms with Gasteiger partial charge in [0.1, 0.15) is 5.69 Å². The fourth-order valence-corrected chi connectivity index (χ4v) is 2.20. The van der Waals surface area contributed by atoms with Gasteiger partial charge < -0.3 is 14.6 Å². The van der Waals surface area contributed by atoms with Gasteiger partial charge in [-0.05, 0) is 6.92 Å². The van der Waals surface area contributed by atoms with E-state index < -0.39 is 0 Å². The van der Waals surface area contributed by atoms with Crippen LogP contribution < -0.4 is 9.47 Å². The highest BCUT2D eigenvalue weighted by Crippen LogP contribution is 2.36. The molecule has 1 aliphatic heterocycles. The maximum Gasteiger partial charge on any atom is 0.231 e. The van der Waals surface area contributed by atoms with Crippen LogP contribution in [-0.4, -0.2) is 26.3 Å². The van der Waals surface area contributed by atoms with Gasteiger partial charge in [0, 0.05) is 12.1 Å². The van der Waals surface area contributed by atoms with Gasteiger partial charge in [0.2, 0.25) is 12.7 Å². The lowest BCUT2D eigenvalue weighted by molar-refractivity contribution is 0.174. The van der Waals surface area contributed by atoms with Gasteiger partial charge in [0.05, 0.1) is 17.2 Å². The van der Waals surface area contributed by atoms with Crippen LogP contribution in [0.15, 0.2) is 18.3 Å². The molecule has 6 nitrogen and oxygen atoms in total. The zero-order valence-electron chi connectivity index (χ0n) is 9.54. The summed E-state index contributed by atoms with van der Waals surface area (Å²) in [6.45, 7) is 1.96. The first-order chi connectivity index (χ1) is 8.74. The smallest absolute Gasteiger partial charge is 0.231 e. The van der Waals surface area contributed by atoms with Gasteiger partial charge in [-0.25, -0.2) is 4.98 Å². The average Bonchev–Trinajstić information content (AvgIpc) is 2.92. The summed E-state index contributed by atoms with van der Waals surface area (Å²) in [6.07, 6.45) is 1.62. The fourth-order valence-electron chi connectivity index (χ4n) is 2.20. The quantitative estimate of drug-likeness (QED) is 0.649. The minimum atomic E-state index is 0.122. The topological polar surface area (TPSA) is 68.9 Å². The Morgan fingerprint density at radius 1 is 1.28 bits per heavy atom. The highest BCUT2D eigenvalue weighted by molar-refractivity contribution is 5.82. The van der Waals surface area contributed by atoms with Crippen LogP contribution in [0.3, 0.4) is 0 Å². The molecule has 0 amide bonds. The molecule has 0 spiro atoms. The van der Waals surface area contributed by atoms with E-state index >= 15 is 0 Å². The Kier molecular flexibility index (Phi) is 1.61. The van der Waals surface area contributed by atoms with Crippen molar-refractivity contribution in [2.24, 2.45) is 0 Å². The number of imidazole rings is 1. The maximum atomic E-state index is 10.0. The summed E-state index contributed by atoms with van der Waals surface area (Å²) in [7, 11) is 0. The van der Waals surface area contributed by atoms with Crippen molar-refractivity contribution in [2.75, 3.05) is 6.79 Å². The Morgan fingerprint density at radius 3 is 2.89 bits per heavy atom. The van der Waals surface area contributed by atoms with E-state index in [2.05, 4.69) is 9.97 Å². The van der Waals surface area contributed by atoms with Crippen LogP contribution in [0.2, 0.25) is 0 Å². The monoisotopic (exact) mass is 243 g/mol. The van der Waals surface area contributed by atoms with E-state index in [9.17, 15) is 5.11 Å². The van der Waals surface area contributed by atoms with Crippen LogP contribution in [0.25, 0.3) is 16.7 Å². The van der Waals surface area contributed by atoms with Crippen LogP contribution in [-0.2, 0) is 0 Å². The molecule has 0 atom stereocenters. The Hall–Kier alpha value is -2.50. The average molecular weight is 243 g/mol. The molecule has 2 aromatic heterocycles. The van der Waals surface area contributed by atoms with Crippen LogP contribution in [0, 0.1) is 6.92 Å². The first-order valence-corrected chi connectivity index (χ1v) is 5.50. The molecule has 0 fully saturated rings. The van der Waals surface area contributed by atoms with Gasteiger partial charge in [0.25, 0.3) is 0 Å². The molecule has 1 aromatic carbocycles. The molecule has 0 bridgehead atoms. The van der Waals surface area contributed by atoms with Gasteiger partial charge in [-0.15, -0.1) is 0 Å². The number of aromatic nitrogens is 3. The fraction of sp³-hybridized carbons (Fsp3) is 0.167. The van der Waals surface area contributed by atoms with Crippen molar-refractivity contribution in [3.8, 4) is 17.4 Å². The zero-order chi connectivity index (χ0) is 12.3. The van der Waals surface area contributed by atoms with E-state index in [1.54, 1.807) is 29.7 Å². The van der Waals surface area contributed by atoms with Gasteiger partial charge in [-0.3, -0.25) is 9.38 Å². The summed E-state index contributed by atoms with van der Waals surface area (Å²) in [6, 6.07) is 3.60. The summed E-state index contributed by atoms with van der Waals surface area (Å²) >= 11 is 0. The highest BCUT2D eigenvalue weighted by atomic mass is 16.7. The lowest BCUT2D eigenvalue weighted by Crippen LogP contribution is -1.92. The van der Waals surface area contributed by atoms with Crippen LogP contribution >= 0.6 is 0 Å². The molecule has 0 saturated carbocycles.